The van der Waals surface area contributed by atoms with Crippen LogP contribution in [0.15, 0.2) is 30.5 Å². The first-order chi connectivity index (χ1) is 13.8. The maximum absolute atomic E-state index is 12.5. The van der Waals surface area contributed by atoms with Gasteiger partial charge in [0.1, 0.15) is 6.10 Å². The molecule has 0 aliphatic rings. The second-order valence-corrected chi connectivity index (χ2v) is 8.47. The van der Waals surface area contributed by atoms with E-state index in [4.69, 9.17) is 5.53 Å². The number of nitrogens with one attached hydrogen (secondary N) is 3. The Morgan fingerprint density at radius 2 is 2.03 bits per heavy atom. The molecular formula is C20H25N4O4S+. The van der Waals surface area contributed by atoms with Crippen LogP contribution in [0.25, 0.3) is 10.9 Å². The summed E-state index contributed by atoms with van der Waals surface area (Å²) in [6, 6.07) is 6.66. The SMILES string of the molecule is CC(C)SC(=O)[C@H](CCC(=O)C=[N+]=N)NC(=O)[C@@H](O)Cc1c[nH]c2ccccc12. The lowest BCUT2D eigenvalue weighted by atomic mass is 10.1. The number of carbonyl (C=O) groups is 3. The summed E-state index contributed by atoms with van der Waals surface area (Å²) in [6.45, 7) is 3.70. The third kappa shape index (κ3) is 6.67. The van der Waals surface area contributed by atoms with Gasteiger partial charge in [-0.05, 0) is 18.1 Å². The molecule has 0 bridgehead atoms. The number of rotatable bonds is 10. The standard InChI is InChI=1S/C20H24N4O4S/c1-12(2)29-20(28)17(8-7-14(25)11-23-21)24-19(27)18(26)9-13-10-22-16-6-4-3-5-15(13)16/h3-6,10-12,17-18,21-22,26H,7-9H2,1-2H3/p+1/t17-,18-/m0/s1. The molecule has 1 aromatic carbocycles. The number of aliphatic hydroxyl groups is 1. The number of aromatic nitrogens is 1. The largest absolute Gasteiger partial charge is 0.383 e. The number of hydrogen-bond acceptors (Lipinski definition) is 6. The molecule has 4 N–H and O–H groups in total. The minimum atomic E-state index is -1.33. The van der Waals surface area contributed by atoms with Crippen molar-refractivity contribution in [3.63, 3.8) is 0 Å². The van der Waals surface area contributed by atoms with Crippen LogP contribution in [0.4, 0.5) is 0 Å². The zero-order chi connectivity index (χ0) is 21.4. The molecule has 0 spiro atoms. The zero-order valence-electron chi connectivity index (χ0n) is 16.3. The monoisotopic (exact) mass is 417 g/mol. The van der Waals surface area contributed by atoms with Crippen molar-refractivity contribution in [2.24, 2.45) is 0 Å². The van der Waals surface area contributed by atoms with Gasteiger partial charge in [-0.1, -0.05) is 43.8 Å². The lowest BCUT2D eigenvalue weighted by molar-refractivity contribution is -0.133. The van der Waals surface area contributed by atoms with Crippen molar-refractivity contribution in [1.82, 2.24) is 10.3 Å². The number of amides is 1. The summed E-state index contributed by atoms with van der Waals surface area (Å²) in [7, 11) is 0. The van der Waals surface area contributed by atoms with Crippen LogP contribution in [0.3, 0.4) is 0 Å². The number of fused-ring (bicyclic) bond motifs is 1. The highest BCUT2D eigenvalue weighted by atomic mass is 32.2. The van der Waals surface area contributed by atoms with Gasteiger partial charge in [0.2, 0.25) is 16.8 Å². The van der Waals surface area contributed by atoms with Crippen LogP contribution in [0.1, 0.15) is 32.3 Å². The summed E-state index contributed by atoms with van der Waals surface area (Å²) in [5, 5.41) is 13.6. The van der Waals surface area contributed by atoms with Gasteiger partial charge in [0, 0.05) is 35.2 Å². The Morgan fingerprint density at radius 1 is 1.31 bits per heavy atom. The van der Waals surface area contributed by atoms with Gasteiger partial charge in [0.25, 0.3) is 0 Å². The number of nitrogens with zero attached hydrogens (tertiary/aromatic N) is 1. The number of benzene rings is 1. The Kier molecular flexibility index (Phi) is 8.33. The average molecular weight is 418 g/mol. The molecule has 2 aromatic rings. The zero-order valence-corrected chi connectivity index (χ0v) is 17.2. The Morgan fingerprint density at radius 3 is 2.72 bits per heavy atom. The summed E-state index contributed by atoms with van der Waals surface area (Å²) < 4.78 is 0. The Bertz CT molecular complexity index is 933. The number of aliphatic hydroxyl groups excluding tert-OH is 1. The summed E-state index contributed by atoms with van der Waals surface area (Å²) in [5.41, 5.74) is 8.39. The summed E-state index contributed by atoms with van der Waals surface area (Å²) in [5.74, 6) is -1.07. The molecule has 0 saturated carbocycles. The summed E-state index contributed by atoms with van der Waals surface area (Å²) in [4.78, 5) is 42.6. The second kappa shape index (κ2) is 10.7. The van der Waals surface area contributed by atoms with E-state index in [1.165, 1.54) is 0 Å². The van der Waals surface area contributed by atoms with Crippen LogP contribution < -0.4 is 5.32 Å². The fourth-order valence-corrected chi connectivity index (χ4v) is 3.66. The quantitative estimate of drug-likeness (QED) is 0.266. The fourth-order valence-electron chi connectivity index (χ4n) is 2.86. The van der Waals surface area contributed by atoms with Gasteiger partial charge < -0.3 is 15.4 Å². The van der Waals surface area contributed by atoms with Crippen LogP contribution in [-0.2, 0) is 20.8 Å². The van der Waals surface area contributed by atoms with E-state index in [0.29, 0.717) is 0 Å². The number of carbonyl (C=O) groups excluding carboxylic acids is 3. The van der Waals surface area contributed by atoms with E-state index in [1.807, 2.05) is 38.1 Å². The molecule has 0 radical (unpaired) electrons. The molecule has 154 valence electrons. The first-order valence-corrected chi connectivity index (χ1v) is 10.2. The number of Topliss-reactive ketones (excluding diaryl/α,β-unsaturated/α-hetero) is 1. The van der Waals surface area contributed by atoms with E-state index in [1.54, 1.807) is 6.20 Å². The average Bonchev–Trinajstić information content (AvgIpc) is 3.07. The summed E-state index contributed by atoms with van der Waals surface area (Å²) >= 11 is 1.07. The van der Waals surface area contributed by atoms with E-state index in [9.17, 15) is 19.5 Å². The number of aromatic amines is 1. The van der Waals surface area contributed by atoms with E-state index >= 15 is 0 Å². The molecule has 29 heavy (non-hydrogen) atoms. The van der Waals surface area contributed by atoms with Crippen molar-refractivity contribution in [1.29, 1.82) is 5.53 Å². The third-order valence-corrected chi connectivity index (χ3v) is 5.22. The number of hydrogen-bond donors (Lipinski definition) is 4. The van der Waals surface area contributed by atoms with E-state index < -0.39 is 23.8 Å². The second-order valence-electron chi connectivity index (χ2n) is 6.89. The van der Waals surface area contributed by atoms with Crippen molar-refractivity contribution < 1.29 is 24.3 Å². The lowest BCUT2D eigenvalue weighted by Gasteiger charge is -2.19. The maximum atomic E-state index is 12.5. The van der Waals surface area contributed by atoms with Crippen LogP contribution in [0, 0.1) is 5.53 Å². The first-order valence-electron chi connectivity index (χ1n) is 9.28. The number of thioether (sulfide) groups is 1. The molecule has 2 rings (SSSR count). The van der Waals surface area contributed by atoms with Gasteiger partial charge in [-0.3, -0.25) is 14.4 Å². The van der Waals surface area contributed by atoms with Crippen LogP contribution >= 0.6 is 11.8 Å². The van der Waals surface area contributed by atoms with E-state index in [2.05, 4.69) is 15.1 Å². The molecule has 2 atom stereocenters. The minimum Gasteiger partial charge on any atom is -0.383 e. The van der Waals surface area contributed by atoms with Gasteiger partial charge in [-0.2, -0.15) is 0 Å². The van der Waals surface area contributed by atoms with Gasteiger partial charge >= 0.3 is 6.21 Å². The normalized spacial score (nSPS) is 13.0. The maximum Gasteiger partial charge on any atom is 0.372 e. The van der Waals surface area contributed by atoms with Crippen LogP contribution in [-0.4, -0.2) is 55.3 Å². The highest BCUT2D eigenvalue weighted by Crippen LogP contribution is 2.20. The van der Waals surface area contributed by atoms with Crippen molar-refractivity contribution in [2.75, 3.05) is 0 Å². The molecule has 0 saturated heterocycles. The van der Waals surface area contributed by atoms with Crippen molar-refractivity contribution in [2.45, 2.75) is 50.5 Å². The molecule has 9 heteroatoms. The topological polar surface area (TPSA) is 137 Å². The molecule has 0 aliphatic carbocycles. The third-order valence-electron chi connectivity index (χ3n) is 4.23. The smallest absolute Gasteiger partial charge is 0.372 e. The number of ketones is 1. The van der Waals surface area contributed by atoms with Gasteiger partial charge in [-0.15, -0.1) is 0 Å². The lowest BCUT2D eigenvalue weighted by Crippen LogP contribution is -2.45. The number of H-pyrrole nitrogens is 1. The predicted molar refractivity (Wildman–Crippen MR) is 111 cm³/mol. The van der Waals surface area contributed by atoms with Crippen molar-refractivity contribution in [3.05, 3.63) is 36.0 Å². The van der Waals surface area contributed by atoms with Gasteiger partial charge in [-0.25, -0.2) is 0 Å². The highest BCUT2D eigenvalue weighted by molar-refractivity contribution is 8.14. The molecule has 8 nitrogen and oxygen atoms in total. The predicted octanol–water partition coefficient (Wildman–Crippen LogP) is 1.88. The minimum absolute atomic E-state index is 0.0172. The highest BCUT2D eigenvalue weighted by Gasteiger charge is 2.26. The van der Waals surface area contributed by atoms with Crippen LogP contribution in [0.5, 0.6) is 0 Å². The van der Waals surface area contributed by atoms with Crippen molar-refractivity contribution in [3.8, 4) is 0 Å². The molecule has 0 aliphatic heterocycles. The van der Waals surface area contributed by atoms with E-state index in [-0.39, 0.29) is 29.6 Å². The molecule has 1 aromatic heterocycles. The molecular weight excluding hydrogens is 392 g/mol. The molecule has 0 fully saturated rings. The van der Waals surface area contributed by atoms with Gasteiger partial charge in [0.05, 0.1) is 16.4 Å². The van der Waals surface area contributed by atoms with Crippen LogP contribution in [0.2, 0.25) is 0 Å². The fraction of sp³-hybridized carbons (Fsp3) is 0.400. The Labute approximate surface area is 172 Å². The number of para-hydroxylation sites is 1. The van der Waals surface area contributed by atoms with Crippen molar-refractivity contribution >= 4 is 45.7 Å². The summed E-state index contributed by atoms with van der Waals surface area (Å²) in [6.07, 6.45) is 1.42. The molecule has 0 unspecified atom stereocenters. The Hall–Kier alpha value is -2.74. The first kappa shape index (κ1) is 22.5. The molecule has 1 heterocycles. The molecule has 1 amide bonds. The van der Waals surface area contributed by atoms with E-state index in [0.717, 1.165) is 34.4 Å². The van der Waals surface area contributed by atoms with Gasteiger partial charge in [0.15, 0.2) is 0 Å². The Balaban J connectivity index is 2.05.